The number of hydrogen-bond acceptors (Lipinski definition) is 3. The molecule has 1 aromatic rings. The fraction of sp³-hybridized carbons (Fsp3) is 0.467. The van der Waals surface area contributed by atoms with Gasteiger partial charge in [0.05, 0.1) is 5.56 Å². The Morgan fingerprint density at radius 3 is 2.80 bits per heavy atom. The van der Waals surface area contributed by atoms with Gasteiger partial charge >= 0.3 is 5.97 Å². The Balaban J connectivity index is 2.15. The van der Waals surface area contributed by atoms with Crippen molar-refractivity contribution in [1.82, 2.24) is 4.90 Å². The smallest absolute Gasteiger partial charge is 0.335 e. The standard InChI is InChI=1S/C15H19NO4/c1-3-20-10(2)14(17)16-7-6-11-4-5-12(15(18)19)8-13(11)9-16/h4-5,8,10H,3,6-7,9H2,1-2H3,(H,18,19). The lowest BCUT2D eigenvalue weighted by Crippen LogP contribution is -2.42. The Labute approximate surface area is 118 Å². The molecule has 0 aliphatic carbocycles. The van der Waals surface area contributed by atoms with Crippen LogP contribution in [0.3, 0.4) is 0 Å². The Morgan fingerprint density at radius 1 is 1.40 bits per heavy atom. The second-order valence-corrected chi connectivity index (χ2v) is 4.90. The largest absolute Gasteiger partial charge is 0.478 e. The first-order valence-corrected chi connectivity index (χ1v) is 6.78. The van der Waals surface area contributed by atoms with Gasteiger partial charge in [0.15, 0.2) is 0 Å². The van der Waals surface area contributed by atoms with Gasteiger partial charge in [0.25, 0.3) is 5.91 Å². The number of carboxylic acid groups (broad SMARTS) is 1. The van der Waals surface area contributed by atoms with Crippen LogP contribution < -0.4 is 0 Å². The highest BCUT2D eigenvalue weighted by atomic mass is 16.5. The summed E-state index contributed by atoms with van der Waals surface area (Å²) in [6.45, 7) is 5.20. The summed E-state index contributed by atoms with van der Waals surface area (Å²) in [6, 6.07) is 5.11. The molecule has 108 valence electrons. The van der Waals surface area contributed by atoms with Gasteiger partial charge in [-0.2, -0.15) is 0 Å². The molecular weight excluding hydrogens is 258 g/mol. The zero-order valence-corrected chi connectivity index (χ0v) is 11.8. The molecular formula is C15H19NO4. The highest BCUT2D eigenvalue weighted by Crippen LogP contribution is 2.21. The molecule has 5 nitrogen and oxygen atoms in total. The van der Waals surface area contributed by atoms with Gasteiger partial charge in [-0.05, 0) is 43.5 Å². The number of hydrogen-bond donors (Lipinski definition) is 1. The molecule has 1 N–H and O–H groups in total. The van der Waals surface area contributed by atoms with Crippen LogP contribution in [0.2, 0.25) is 0 Å². The summed E-state index contributed by atoms with van der Waals surface area (Å²) < 4.78 is 5.32. The van der Waals surface area contributed by atoms with Crippen LogP contribution in [0.4, 0.5) is 0 Å². The quantitative estimate of drug-likeness (QED) is 0.909. The van der Waals surface area contributed by atoms with Crippen LogP contribution in [0.25, 0.3) is 0 Å². The molecule has 1 amide bonds. The monoisotopic (exact) mass is 277 g/mol. The predicted molar refractivity (Wildman–Crippen MR) is 73.6 cm³/mol. The lowest BCUT2D eigenvalue weighted by atomic mass is 9.97. The average molecular weight is 277 g/mol. The van der Waals surface area contributed by atoms with E-state index in [1.165, 1.54) is 0 Å². The molecule has 0 saturated heterocycles. The molecule has 0 bridgehead atoms. The van der Waals surface area contributed by atoms with Crippen molar-refractivity contribution in [1.29, 1.82) is 0 Å². The normalized spacial score (nSPS) is 15.6. The average Bonchev–Trinajstić information content (AvgIpc) is 2.45. The van der Waals surface area contributed by atoms with Crippen LogP contribution >= 0.6 is 0 Å². The van der Waals surface area contributed by atoms with Gasteiger partial charge in [0.2, 0.25) is 0 Å². The van der Waals surface area contributed by atoms with Crippen molar-refractivity contribution in [2.45, 2.75) is 32.9 Å². The summed E-state index contributed by atoms with van der Waals surface area (Å²) in [5.74, 6) is -0.989. The van der Waals surface area contributed by atoms with Gasteiger partial charge < -0.3 is 14.7 Å². The SMILES string of the molecule is CCOC(C)C(=O)N1CCc2ccc(C(=O)O)cc2C1. The van der Waals surface area contributed by atoms with E-state index in [1.54, 1.807) is 24.0 Å². The number of fused-ring (bicyclic) bond motifs is 1. The third kappa shape index (κ3) is 2.99. The molecule has 0 radical (unpaired) electrons. The zero-order valence-electron chi connectivity index (χ0n) is 11.8. The third-order valence-corrected chi connectivity index (χ3v) is 3.54. The second-order valence-electron chi connectivity index (χ2n) is 4.90. The molecule has 1 aliphatic rings. The molecule has 0 aromatic heterocycles. The molecule has 1 atom stereocenters. The molecule has 1 aliphatic heterocycles. The summed E-state index contributed by atoms with van der Waals surface area (Å²) in [6.07, 6.45) is 0.295. The van der Waals surface area contributed by atoms with Gasteiger partial charge in [-0.1, -0.05) is 6.07 Å². The van der Waals surface area contributed by atoms with E-state index in [4.69, 9.17) is 9.84 Å². The van der Waals surface area contributed by atoms with Gasteiger partial charge in [0.1, 0.15) is 6.10 Å². The predicted octanol–water partition coefficient (Wildman–Crippen LogP) is 1.69. The highest BCUT2D eigenvalue weighted by molar-refractivity contribution is 5.88. The lowest BCUT2D eigenvalue weighted by molar-refractivity contribution is -0.143. The van der Waals surface area contributed by atoms with E-state index in [0.29, 0.717) is 19.7 Å². The maximum absolute atomic E-state index is 12.2. The topological polar surface area (TPSA) is 66.8 Å². The lowest BCUT2D eigenvalue weighted by Gasteiger charge is -2.31. The van der Waals surface area contributed by atoms with E-state index in [-0.39, 0.29) is 11.5 Å². The van der Waals surface area contributed by atoms with E-state index in [0.717, 1.165) is 17.5 Å². The third-order valence-electron chi connectivity index (χ3n) is 3.54. The molecule has 1 unspecified atom stereocenters. The van der Waals surface area contributed by atoms with Crippen LogP contribution in [0, 0.1) is 0 Å². The highest BCUT2D eigenvalue weighted by Gasteiger charge is 2.25. The van der Waals surface area contributed by atoms with Crippen molar-refractivity contribution in [2.24, 2.45) is 0 Å². The fourth-order valence-corrected chi connectivity index (χ4v) is 2.46. The summed E-state index contributed by atoms with van der Waals surface area (Å²) in [5.41, 5.74) is 2.28. The Bertz CT molecular complexity index is 527. The maximum atomic E-state index is 12.2. The van der Waals surface area contributed by atoms with Crippen LogP contribution in [-0.4, -0.2) is 41.1 Å². The van der Waals surface area contributed by atoms with Crippen molar-refractivity contribution in [3.63, 3.8) is 0 Å². The minimum Gasteiger partial charge on any atom is -0.478 e. The molecule has 0 saturated carbocycles. The van der Waals surface area contributed by atoms with Gasteiger partial charge in [-0.25, -0.2) is 4.79 Å². The minimum atomic E-state index is -0.945. The van der Waals surface area contributed by atoms with Gasteiger partial charge in [0, 0.05) is 19.7 Å². The van der Waals surface area contributed by atoms with Crippen molar-refractivity contribution in [3.8, 4) is 0 Å². The molecule has 0 fully saturated rings. The Kier molecular flexibility index (Phi) is 4.39. The number of amides is 1. The van der Waals surface area contributed by atoms with Crippen LogP contribution in [0.5, 0.6) is 0 Å². The summed E-state index contributed by atoms with van der Waals surface area (Å²) in [5, 5.41) is 9.02. The number of aromatic carboxylic acids is 1. The molecule has 0 spiro atoms. The summed E-state index contributed by atoms with van der Waals surface area (Å²) in [7, 11) is 0. The molecule has 1 heterocycles. The number of carbonyl (C=O) groups is 2. The van der Waals surface area contributed by atoms with Gasteiger partial charge in [-0.3, -0.25) is 4.79 Å². The summed E-state index contributed by atoms with van der Waals surface area (Å²) in [4.78, 5) is 24.9. The maximum Gasteiger partial charge on any atom is 0.335 e. The second kappa shape index (κ2) is 6.05. The molecule has 2 rings (SSSR count). The zero-order chi connectivity index (χ0) is 14.7. The van der Waals surface area contributed by atoms with Crippen molar-refractivity contribution in [2.75, 3.05) is 13.2 Å². The number of rotatable bonds is 4. The number of benzene rings is 1. The van der Waals surface area contributed by atoms with Gasteiger partial charge in [-0.15, -0.1) is 0 Å². The minimum absolute atomic E-state index is 0.0433. The van der Waals surface area contributed by atoms with E-state index < -0.39 is 12.1 Å². The number of ether oxygens (including phenoxy) is 1. The van der Waals surface area contributed by atoms with Crippen LogP contribution in [0.1, 0.15) is 35.3 Å². The van der Waals surface area contributed by atoms with E-state index in [1.807, 2.05) is 13.0 Å². The van der Waals surface area contributed by atoms with Crippen molar-refractivity contribution < 1.29 is 19.4 Å². The first kappa shape index (κ1) is 14.5. The number of carbonyl (C=O) groups excluding carboxylic acids is 1. The van der Waals surface area contributed by atoms with Crippen molar-refractivity contribution >= 4 is 11.9 Å². The Morgan fingerprint density at radius 2 is 2.15 bits per heavy atom. The first-order chi connectivity index (χ1) is 9.52. The molecule has 5 heteroatoms. The van der Waals surface area contributed by atoms with Crippen molar-refractivity contribution in [3.05, 3.63) is 34.9 Å². The van der Waals surface area contributed by atoms with E-state index >= 15 is 0 Å². The van der Waals surface area contributed by atoms with Crippen LogP contribution in [0.15, 0.2) is 18.2 Å². The van der Waals surface area contributed by atoms with E-state index in [9.17, 15) is 9.59 Å². The molecule has 1 aromatic carbocycles. The number of carboxylic acids is 1. The Hall–Kier alpha value is -1.88. The van der Waals surface area contributed by atoms with Crippen LogP contribution in [-0.2, 0) is 22.5 Å². The molecule has 20 heavy (non-hydrogen) atoms. The van der Waals surface area contributed by atoms with E-state index in [2.05, 4.69) is 0 Å². The number of nitrogens with zero attached hydrogens (tertiary/aromatic N) is 1. The fourth-order valence-electron chi connectivity index (χ4n) is 2.46. The summed E-state index contributed by atoms with van der Waals surface area (Å²) >= 11 is 0. The first-order valence-electron chi connectivity index (χ1n) is 6.78.